The van der Waals surface area contributed by atoms with Crippen LogP contribution in [0.25, 0.3) is 0 Å². The van der Waals surface area contributed by atoms with Crippen LogP contribution in [-0.4, -0.2) is 29.1 Å². The number of anilines is 2. The summed E-state index contributed by atoms with van der Waals surface area (Å²) in [6.45, 7) is 1.34. The van der Waals surface area contributed by atoms with Crippen LogP contribution in [-0.2, 0) is 0 Å². The van der Waals surface area contributed by atoms with Crippen LogP contribution < -0.4 is 10.2 Å². The monoisotopic (exact) mass is 290 g/mol. The van der Waals surface area contributed by atoms with Crippen molar-refractivity contribution in [2.75, 3.05) is 23.3 Å². The number of aromatic nitrogens is 2. The minimum atomic E-state index is -0.801. The number of benzene rings is 1. The van der Waals surface area contributed by atoms with Gasteiger partial charge in [0.1, 0.15) is 0 Å². The quantitative estimate of drug-likeness (QED) is 0.943. The summed E-state index contributed by atoms with van der Waals surface area (Å²) in [6, 6.07) is 6.31. The van der Waals surface area contributed by atoms with Crippen molar-refractivity contribution in [3.8, 4) is 0 Å². The lowest BCUT2D eigenvalue weighted by Gasteiger charge is -2.34. The molecule has 4 nitrogen and oxygen atoms in total. The lowest BCUT2D eigenvalue weighted by molar-refractivity contribution is 0.486. The van der Waals surface area contributed by atoms with Crippen molar-refractivity contribution in [3.63, 3.8) is 0 Å². The summed E-state index contributed by atoms with van der Waals surface area (Å²) in [6.07, 6.45) is 5.03. The van der Waals surface area contributed by atoms with Gasteiger partial charge in [-0.25, -0.2) is 18.7 Å². The molecule has 1 aromatic carbocycles. The van der Waals surface area contributed by atoms with Gasteiger partial charge in [-0.3, -0.25) is 0 Å². The van der Waals surface area contributed by atoms with E-state index in [1.807, 2.05) is 4.90 Å². The standard InChI is InChI=1S/C15H16F2N4/c16-12-3-1-4-13(14(12)17)21-9-5-11(6-10-21)20-15-18-7-2-8-19-15/h1-4,7-8,11H,5-6,9-10H2,(H,18,19,20). The zero-order valence-electron chi connectivity index (χ0n) is 11.5. The normalized spacial score (nSPS) is 16.0. The maximum atomic E-state index is 13.8. The van der Waals surface area contributed by atoms with E-state index in [4.69, 9.17) is 0 Å². The van der Waals surface area contributed by atoms with Gasteiger partial charge in [0.25, 0.3) is 0 Å². The van der Waals surface area contributed by atoms with Crippen LogP contribution in [0.1, 0.15) is 12.8 Å². The smallest absolute Gasteiger partial charge is 0.222 e. The predicted octanol–water partition coefficient (Wildman–Crippen LogP) is 2.84. The molecule has 1 aliphatic heterocycles. The van der Waals surface area contributed by atoms with Gasteiger partial charge in [-0.05, 0) is 31.0 Å². The van der Waals surface area contributed by atoms with E-state index in [1.54, 1.807) is 24.5 Å². The first kappa shape index (κ1) is 13.7. The summed E-state index contributed by atoms with van der Waals surface area (Å²) in [4.78, 5) is 10.1. The SMILES string of the molecule is Fc1cccc(N2CCC(Nc3ncccn3)CC2)c1F. The second-order valence-electron chi connectivity index (χ2n) is 5.05. The van der Waals surface area contributed by atoms with Crippen LogP contribution in [0.2, 0.25) is 0 Å². The summed E-state index contributed by atoms with van der Waals surface area (Å²) < 4.78 is 27.0. The van der Waals surface area contributed by atoms with Gasteiger partial charge in [0, 0.05) is 31.5 Å². The third-order valence-corrected chi connectivity index (χ3v) is 3.67. The van der Waals surface area contributed by atoms with Gasteiger partial charge in [0.15, 0.2) is 11.6 Å². The van der Waals surface area contributed by atoms with Gasteiger partial charge >= 0.3 is 0 Å². The highest BCUT2D eigenvalue weighted by atomic mass is 19.2. The molecule has 2 aromatic rings. The van der Waals surface area contributed by atoms with E-state index in [-0.39, 0.29) is 6.04 Å². The summed E-state index contributed by atoms with van der Waals surface area (Å²) in [5.41, 5.74) is 0.337. The molecule has 0 saturated carbocycles. The Kier molecular flexibility index (Phi) is 3.94. The van der Waals surface area contributed by atoms with Crippen LogP contribution in [0.15, 0.2) is 36.7 Å². The lowest BCUT2D eigenvalue weighted by atomic mass is 10.0. The fourth-order valence-corrected chi connectivity index (χ4v) is 2.56. The molecule has 0 aliphatic carbocycles. The van der Waals surface area contributed by atoms with Crippen LogP contribution in [0, 0.1) is 11.6 Å². The largest absolute Gasteiger partial charge is 0.369 e. The zero-order valence-corrected chi connectivity index (χ0v) is 11.5. The van der Waals surface area contributed by atoms with Crippen molar-refractivity contribution in [2.45, 2.75) is 18.9 Å². The number of halogens is 2. The van der Waals surface area contributed by atoms with Crippen molar-refractivity contribution >= 4 is 11.6 Å². The number of piperidine rings is 1. The summed E-state index contributed by atoms with van der Waals surface area (Å²) in [5, 5.41) is 3.26. The van der Waals surface area contributed by atoms with Gasteiger partial charge in [-0.2, -0.15) is 0 Å². The van der Waals surface area contributed by atoms with Crippen LogP contribution in [0.5, 0.6) is 0 Å². The molecule has 1 fully saturated rings. The first-order chi connectivity index (χ1) is 10.2. The minimum Gasteiger partial charge on any atom is -0.369 e. The van der Waals surface area contributed by atoms with Crippen LogP contribution >= 0.6 is 0 Å². The molecule has 0 spiro atoms. The zero-order chi connectivity index (χ0) is 14.7. The first-order valence-corrected chi connectivity index (χ1v) is 6.96. The molecule has 0 atom stereocenters. The van der Waals surface area contributed by atoms with Gasteiger partial charge < -0.3 is 10.2 Å². The highest BCUT2D eigenvalue weighted by molar-refractivity contribution is 5.48. The van der Waals surface area contributed by atoms with E-state index >= 15 is 0 Å². The number of nitrogens with one attached hydrogen (secondary N) is 1. The maximum absolute atomic E-state index is 13.8. The molecule has 2 heterocycles. The van der Waals surface area contributed by atoms with E-state index in [0.717, 1.165) is 18.9 Å². The Bertz CT molecular complexity index is 598. The van der Waals surface area contributed by atoms with Gasteiger partial charge in [0.05, 0.1) is 5.69 Å². The van der Waals surface area contributed by atoms with E-state index in [9.17, 15) is 8.78 Å². The second kappa shape index (κ2) is 6.03. The molecular weight excluding hydrogens is 274 g/mol. The van der Waals surface area contributed by atoms with Crippen molar-refractivity contribution in [1.29, 1.82) is 0 Å². The Morgan fingerprint density at radius 2 is 1.76 bits per heavy atom. The Hall–Kier alpha value is -2.24. The Balaban J connectivity index is 1.61. The topological polar surface area (TPSA) is 41.0 Å². The second-order valence-corrected chi connectivity index (χ2v) is 5.05. The Morgan fingerprint density at radius 3 is 2.48 bits per heavy atom. The fraction of sp³-hybridized carbons (Fsp3) is 0.333. The van der Waals surface area contributed by atoms with Crippen molar-refractivity contribution in [3.05, 3.63) is 48.3 Å². The Morgan fingerprint density at radius 1 is 1.05 bits per heavy atom. The maximum Gasteiger partial charge on any atom is 0.222 e. The highest BCUT2D eigenvalue weighted by Crippen LogP contribution is 2.25. The van der Waals surface area contributed by atoms with Gasteiger partial charge in [-0.15, -0.1) is 0 Å². The van der Waals surface area contributed by atoms with E-state index in [2.05, 4.69) is 15.3 Å². The molecule has 3 rings (SSSR count). The molecule has 0 amide bonds. The minimum absolute atomic E-state index is 0.250. The molecule has 1 aromatic heterocycles. The summed E-state index contributed by atoms with van der Waals surface area (Å²) >= 11 is 0. The summed E-state index contributed by atoms with van der Waals surface area (Å²) in [7, 11) is 0. The number of hydrogen-bond donors (Lipinski definition) is 1. The van der Waals surface area contributed by atoms with Crippen molar-refractivity contribution in [2.24, 2.45) is 0 Å². The molecule has 1 saturated heterocycles. The van der Waals surface area contributed by atoms with Gasteiger partial charge in [0.2, 0.25) is 5.95 Å². The number of hydrogen-bond acceptors (Lipinski definition) is 4. The molecule has 21 heavy (non-hydrogen) atoms. The molecular formula is C15H16F2N4. The lowest BCUT2D eigenvalue weighted by Crippen LogP contribution is -2.39. The number of nitrogens with zero attached hydrogens (tertiary/aromatic N) is 3. The molecule has 6 heteroatoms. The average molecular weight is 290 g/mol. The Labute approximate surface area is 121 Å². The molecule has 0 radical (unpaired) electrons. The van der Waals surface area contributed by atoms with E-state index in [0.29, 0.717) is 24.7 Å². The fourth-order valence-electron chi connectivity index (χ4n) is 2.56. The van der Waals surface area contributed by atoms with Crippen molar-refractivity contribution < 1.29 is 8.78 Å². The van der Waals surface area contributed by atoms with Gasteiger partial charge in [-0.1, -0.05) is 6.07 Å². The average Bonchev–Trinajstić information content (AvgIpc) is 2.52. The molecule has 0 unspecified atom stereocenters. The first-order valence-electron chi connectivity index (χ1n) is 6.96. The van der Waals surface area contributed by atoms with Crippen molar-refractivity contribution in [1.82, 2.24) is 9.97 Å². The van der Waals surface area contributed by atoms with E-state index in [1.165, 1.54) is 6.07 Å². The highest BCUT2D eigenvalue weighted by Gasteiger charge is 2.22. The third kappa shape index (κ3) is 3.09. The summed E-state index contributed by atoms with van der Waals surface area (Å²) in [5.74, 6) is -0.964. The molecule has 0 bridgehead atoms. The predicted molar refractivity (Wildman–Crippen MR) is 77.2 cm³/mol. The van der Waals surface area contributed by atoms with Crippen LogP contribution in [0.4, 0.5) is 20.4 Å². The molecule has 1 aliphatic rings. The number of rotatable bonds is 3. The molecule has 110 valence electrons. The molecule has 1 N–H and O–H groups in total. The van der Waals surface area contributed by atoms with Crippen LogP contribution in [0.3, 0.4) is 0 Å². The third-order valence-electron chi connectivity index (χ3n) is 3.67. The van der Waals surface area contributed by atoms with E-state index < -0.39 is 11.6 Å².